The molecule has 1 amide bonds. The van der Waals surface area contributed by atoms with Crippen LogP contribution in [0.15, 0.2) is 70.5 Å². The molecule has 9 nitrogen and oxygen atoms in total. The molecule has 1 fully saturated rings. The summed E-state index contributed by atoms with van der Waals surface area (Å²) in [4.78, 5) is 13.1. The van der Waals surface area contributed by atoms with Crippen molar-refractivity contribution in [3.8, 4) is 5.75 Å². The van der Waals surface area contributed by atoms with Crippen LogP contribution in [0.4, 0.5) is 11.4 Å². The summed E-state index contributed by atoms with van der Waals surface area (Å²) in [5.74, 6) is -0.317. The molecule has 0 aliphatic carbocycles. The molecule has 0 radical (unpaired) electrons. The highest BCUT2D eigenvalue weighted by Crippen LogP contribution is 2.31. The lowest BCUT2D eigenvalue weighted by atomic mass is 10.2. The number of nitrogens with zero attached hydrogens (tertiary/aromatic N) is 1. The number of nitrogens with one attached hydrogen (secondary N) is 2. The van der Waals surface area contributed by atoms with E-state index in [1.165, 1.54) is 72.1 Å². The zero-order valence-corrected chi connectivity index (χ0v) is 24.1. The normalized spacial score (nSPS) is 14.8. The van der Waals surface area contributed by atoms with E-state index in [1.807, 2.05) is 0 Å². The highest BCUT2D eigenvalue weighted by Gasteiger charge is 2.26. The van der Waals surface area contributed by atoms with Gasteiger partial charge in [0.15, 0.2) is 0 Å². The summed E-state index contributed by atoms with van der Waals surface area (Å²) in [7, 11) is -6.37. The number of ether oxygens (including phenoxy) is 1. The first-order chi connectivity index (χ1) is 18.5. The molecule has 0 unspecified atom stereocenters. The topological polar surface area (TPSA) is 122 Å². The largest absolute Gasteiger partial charge is 0.495 e. The third-order valence-corrected chi connectivity index (χ3v) is 10.2. The van der Waals surface area contributed by atoms with Crippen LogP contribution in [0, 0.1) is 0 Å². The highest BCUT2D eigenvalue weighted by atomic mass is 35.5. The van der Waals surface area contributed by atoms with Crippen LogP contribution in [0.3, 0.4) is 0 Å². The maximum absolute atomic E-state index is 13.3. The molecule has 0 spiro atoms. The van der Waals surface area contributed by atoms with E-state index in [-0.39, 0.29) is 42.5 Å². The smallest absolute Gasteiger partial charge is 0.261 e. The van der Waals surface area contributed by atoms with Gasteiger partial charge in [-0.2, -0.15) is 4.31 Å². The number of hydrogen-bond donors (Lipinski definition) is 2. The molecule has 0 atom stereocenters. The predicted molar refractivity (Wildman–Crippen MR) is 152 cm³/mol. The van der Waals surface area contributed by atoms with E-state index >= 15 is 0 Å². The van der Waals surface area contributed by atoms with Crippen molar-refractivity contribution in [2.24, 2.45) is 0 Å². The number of carbonyl (C=O) groups is 1. The molecule has 1 aliphatic heterocycles. The number of amides is 1. The number of halogens is 2. The predicted octanol–water partition coefficient (Wildman–Crippen LogP) is 5.62. The fraction of sp³-hybridized carbons (Fsp3) is 0.269. The standard InChI is InChI=1S/C26H27Cl2N3O6S2/c1-37-25-12-10-21(39(35,36)31-13-4-2-3-5-14-31)17-24(25)29-26(32)18-7-6-8-19(15-18)30-38(33,34)20-9-11-22(27)23(28)16-20/h6-12,15-17,30H,2-5,13-14H2,1H3,(H,29,32). The number of rotatable bonds is 8. The second-order valence-electron chi connectivity index (χ2n) is 8.90. The summed E-state index contributed by atoms with van der Waals surface area (Å²) >= 11 is 11.8. The van der Waals surface area contributed by atoms with E-state index in [9.17, 15) is 21.6 Å². The Morgan fingerprint density at radius 3 is 2.21 bits per heavy atom. The summed E-state index contributed by atoms with van der Waals surface area (Å²) in [6, 6.07) is 14.1. The van der Waals surface area contributed by atoms with Crippen LogP contribution in [-0.2, 0) is 20.0 Å². The molecule has 3 aromatic rings. The average Bonchev–Trinajstić information content (AvgIpc) is 3.20. The Labute approximate surface area is 238 Å². The van der Waals surface area contributed by atoms with Gasteiger partial charge in [0, 0.05) is 24.3 Å². The molecule has 2 N–H and O–H groups in total. The van der Waals surface area contributed by atoms with Crippen LogP contribution in [0.2, 0.25) is 10.0 Å². The molecule has 208 valence electrons. The van der Waals surface area contributed by atoms with Crippen molar-refractivity contribution in [2.75, 3.05) is 30.2 Å². The zero-order valence-electron chi connectivity index (χ0n) is 21.0. The quantitative estimate of drug-likeness (QED) is 0.341. The fourth-order valence-corrected chi connectivity index (χ4v) is 7.13. The van der Waals surface area contributed by atoms with Crippen molar-refractivity contribution < 1.29 is 26.4 Å². The number of sulfonamides is 2. The number of anilines is 2. The molecule has 13 heteroatoms. The summed E-state index contributed by atoms with van der Waals surface area (Å²) < 4.78 is 61.4. The fourth-order valence-electron chi connectivity index (χ4n) is 4.15. The highest BCUT2D eigenvalue weighted by molar-refractivity contribution is 7.92. The zero-order chi connectivity index (χ0) is 28.2. The van der Waals surface area contributed by atoms with Crippen LogP contribution in [0.1, 0.15) is 36.0 Å². The Hall–Kier alpha value is -2.83. The SMILES string of the molecule is COc1ccc(S(=O)(=O)N2CCCCCC2)cc1NC(=O)c1cccc(NS(=O)(=O)c2ccc(Cl)c(Cl)c2)c1. The van der Waals surface area contributed by atoms with Gasteiger partial charge in [-0.3, -0.25) is 9.52 Å². The van der Waals surface area contributed by atoms with Gasteiger partial charge in [0.05, 0.1) is 32.6 Å². The minimum atomic E-state index is -4.02. The van der Waals surface area contributed by atoms with Crippen molar-refractivity contribution in [3.05, 3.63) is 76.3 Å². The average molecular weight is 613 g/mol. The van der Waals surface area contributed by atoms with Gasteiger partial charge >= 0.3 is 0 Å². The first kappa shape index (κ1) is 29.2. The molecule has 0 bridgehead atoms. The lowest BCUT2D eigenvalue weighted by molar-refractivity contribution is 0.102. The second kappa shape index (κ2) is 12.1. The van der Waals surface area contributed by atoms with E-state index in [2.05, 4.69) is 10.0 Å². The first-order valence-corrected chi connectivity index (χ1v) is 15.8. The molecule has 39 heavy (non-hydrogen) atoms. The van der Waals surface area contributed by atoms with Gasteiger partial charge in [-0.05, 0) is 67.4 Å². The van der Waals surface area contributed by atoms with Crippen LogP contribution < -0.4 is 14.8 Å². The van der Waals surface area contributed by atoms with Gasteiger partial charge in [-0.1, -0.05) is 42.1 Å². The van der Waals surface area contributed by atoms with Crippen molar-refractivity contribution in [3.63, 3.8) is 0 Å². The molecule has 4 rings (SSSR count). The Bertz CT molecular complexity index is 1590. The summed E-state index contributed by atoms with van der Waals surface area (Å²) in [5.41, 5.74) is 0.436. The Morgan fingerprint density at radius 2 is 1.54 bits per heavy atom. The van der Waals surface area contributed by atoms with E-state index in [0.717, 1.165) is 25.7 Å². The molecule has 1 saturated heterocycles. The van der Waals surface area contributed by atoms with Crippen LogP contribution >= 0.6 is 23.2 Å². The monoisotopic (exact) mass is 611 g/mol. The van der Waals surface area contributed by atoms with Crippen molar-refractivity contribution in [1.82, 2.24) is 4.31 Å². The minimum Gasteiger partial charge on any atom is -0.495 e. The summed E-state index contributed by atoms with van der Waals surface area (Å²) in [6.07, 6.45) is 3.56. The molecular weight excluding hydrogens is 585 g/mol. The Morgan fingerprint density at radius 1 is 0.846 bits per heavy atom. The molecule has 0 saturated carbocycles. The van der Waals surface area contributed by atoms with E-state index in [1.54, 1.807) is 0 Å². The van der Waals surface area contributed by atoms with Crippen molar-refractivity contribution >= 4 is 60.5 Å². The van der Waals surface area contributed by atoms with Gasteiger partial charge in [-0.15, -0.1) is 0 Å². The molecule has 3 aromatic carbocycles. The number of benzene rings is 3. The van der Waals surface area contributed by atoms with Crippen LogP contribution in [-0.4, -0.2) is 47.2 Å². The lowest BCUT2D eigenvalue weighted by Gasteiger charge is -2.21. The molecule has 1 heterocycles. The van der Waals surface area contributed by atoms with Crippen LogP contribution in [0.25, 0.3) is 0 Å². The van der Waals surface area contributed by atoms with E-state index < -0.39 is 26.0 Å². The van der Waals surface area contributed by atoms with Crippen molar-refractivity contribution in [2.45, 2.75) is 35.5 Å². The lowest BCUT2D eigenvalue weighted by Crippen LogP contribution is -2.32. The van der Waals surface area contributed by atoms with Crippen LogP contribution in [0.5, 0.6) is 5.75 Å². The van der Waals surface area contributed by atoms with Gasteiger partial charge in [0.2, 0.25) is 10.0 Å². The van der Waals surface area contributed by atoms with E-state index in [4.69, 9.17) is 27.9 Å². The Balaban J connectivity index is 1.56. The number of methoxy groups -OCH3 is 1. The Kier molecular flexibility index (Phi) is 9.07. The number of hydrogen-bond acceptors (Lipinski definition) is 6. The molecule has 0 aromatic heterocycles. The summed E-state index contributed by atoms with van der Waals surface area (Å²) in [6.45, 7) is 0.891. The maximum Gasteiger partial charge on any atom is 0.261 e. The maximum atomic E-state index is 13.3. The molecular formula is C26H27Cl2N3O6S2. The first-order valence-electron chi connectivity index (χ1n) is 12.1. The number of carbonyl (C=O) groups excluding carboxylic acids is 1. The van der Waals surface area contributed by atoms with Gasteiger partial charge in [-0.25, -0.2) is 16.8 Å². The second-order valence-corrected chi connectivity index (χ2v) is 13.3. The third-order valence-electron chi connectivity index (χ3n) is 6.20. The van der Waals surface area contributed by atoms with E-state index in [0.29, 0.717) is 13.1 Å². The minimum absolute atomic E-state index is 0.0450. The van der Waals surface area contributed by atoms with Gasteiger partial charge < -0.3 is 10.1 Å². The third kappa shape index (κ3) is 6.85. The summed E-state index contributed by atoms with van der Waals surface area (Å²) in [5, 5.41) is 2.99. The van der Waals surface area contributed by atoms with Gasteiger partial charge in [0.25, 0.3) is 15.9 Å². The van der Waals surface area contributed by atoms with Crippen molar-refractivity contribution in [1.29, 1.82) is 0 Å². The molecule has 1 aliphatic rings. The van der Waals surface area contributed by atoms with Gasteiger partial charge in [0.1, 0.15) is 5.75 Å².